The largest absolute Gasteiger partial charge is 0.426 e. The molecule has 1 N–H and O–H groups in total. The van der Waals surface area contributed by atoms with Gasteiger partial charge in [-0.3, -0.25) is 24.1 Å². The smallest absolute Gasteiger partial charge is 0.349 e. The maximum atomic E-state index is 12.5. The zero-order valence-electron chi connectivity index (χ0n) is 20.8. The van der Waals surface area contributed by atoms with Gasteiger partial charge in [0.25, 0.3) is 17.7 Å². The van der Waals surface area contributed by atoms with Crippen molar-refractivity contribution in [3.8, 4) is 5.75 Å². The van der Waals surface area contributed by atoms with Gasteiger partial charge in [0.05, 0.1) is 11.1 Å². The van der Waals surface area contributed by atoms with E-state index in [1.165, 1.54) is 18.2 Å². The summed E-state index contributed by atoms with van der Waals surface area (Å²) in [4.78, 5) is 63.3. The molecule has 1 aliphatic rings. The minimum Gasteiger partial charge on any atom is -0.426 e. The van der Waals surface area contributed by atoms with Crippen LogP contribution in [0.5, 0.6) is 5.75 Å². The lowest BCUT2D eigenvalue weighted by molar-refractivity contribution is -0.134. The summed E-state index contributed by atoms with van der Waals surface area (Å²) in [5.41, 5.74) is 1.02. The number of carbonyl (C=O) groups excluding carboxylic acids is 4. The Bertz CT molecular complexity index is 1610. The summed E-state index contributed by atoms with van der Waals surface area (Å²) in [6, 6.07) is 22.2. The lowest BCUT2D eigenvalue weighted by Crippen LogP contribution is -2.31. The van der Waals surface area contributed by atoms with Crippen molar-refractivity contribution in [1.82, 2.24) is 10.2 Å². The Morgan fingerprint density at radius 2 is 1.54 bits per heavy atom. The number of imide groups is 1. The predicted molar refractivity (Wildman–Crippen MR) is 142 cm³/mol. The number of amides is 3. The Morgan fingerprint density at radius 1 is 0.846 bits per heavy atom. The molecule has 9 heteroatoms. The van der Waals surface area contributed by atoms with Gasteiger partial charge in [-0.25, -0.2) is 4.79 Å². The Morgan fingerprint density at radius 3 is 2.26 bits per heavy atom. The van der Waals surface area contributed by atoms with Crippen LogP contribution in [0.25, 0.3) is 11.0 Å². The summed E-state index contributed by atoms with van der Waals surface area (Å²) >= 11 is 0. The van der Waals surface area contributed by atoms with E-state index in [0.717, 1.165) is 10.5 Å². The van der Waals surface area contributed by atoms with E-state index in [9.17, 15) is 24.0 Å². The van der Waals surface area contributed by atoms with E-state index < -0.39 is 17.5 Å². The zero-order chi connectivity index (χ0) is 27.4. The van der Waals surface area contributed by atoms with Gasteiger partial charge in [-0.2, -0.15) is 0 Å². The number of esters is 1. The van der Waals surface area contributed by atoms with E-state index in [4.69, 9.17) is 9.15 Å². The fourth-order valence-corrected chi connectivity index (χ4v) is 4.38. The van der Waals surface area contributed by atoms with Crippen molar-refractivity contribution in [3.05, 3.63) is 112 Å². The predicted octanol–water partition coefficient (Wildman–Crippen LogP) is 3.75. The number of fused-ring (bicyclic) bond motifs is 2. The van der Waals surface area contributed by atoms with E-state index in [2.05, 4.69) is 5.32 Å². The van der Waals surface area contributed by atoms with Gasteiger partial charge in [0.1, 0.15) is 16.9 Å². The normalized spacial score (nSPS) is 12.5. The highest BCUT2D eigenvalue weighted by Gasteiger charge is 2.34. The Balaban J connectivity index is 1.15. The highest BCUT2D eigenvalue weighted by atomic mass is 16.5. The highest BCUT2D eigenvalue weighted by molar-refractivity contribution is 6.21. The number of carbonyl (C=O) groups is 4. The third-order valence-electron chi connectivity index (χ3n) is 6.37. The standard InChI is InChI=1S/C30H24N2O7/c33-26(11-6-16-32-28(35)22-9-4-5-10-23(22)29(32)36)38-21-13-12-20-17-24(30(37)39-25(20)18-21)27(34)31-15-14-19-7-2-1-3-8-19/h1-5,7-10,12-13,17-18H,6,11,14-16H2,(H,31,34). The molecule has 0 bridgehead atoms. The highest BCUT2D eigenvalue weighted by Crippen LogP contribution is 2.24. The first-order chi connectivity index (χ1) is 18.9. The minimum absolute atomic E-state index is 0.0303. The van der Waals surface area contributed by atoms with Crippen LogP contribution in [0.2, 0.25) is 0 Å². The summed E-state index contributed by atoms with van der Waals surface area (Å²) in [6.45, 7) is 0.451. The molecule has 1 aliphatic heterocycles. The van der Waals surface area contributed by atoms with Crippen molar-refractivity contribution in [2.24, 2.45) is 0 Å². The maximum Gasteiger partial charge on any atom is 0.349 e. The first kappa shape index (κ1) is 25.6. The molecule has 0 spiro atoms. The first-order valence-corrected chi connectivity index (χ1v) is 12.5. The van der Waals surface area contributed by atoms with Crippen molar-refractivity contribution in [2.45, 2.75) is 19.3 Å². The molecule has 196 valence electrons. The van der Waals surface area contributed by atoms with Crippen LogP contribution in [0.3, 0.4) is 0 Å². The van der Waals surface area contributed by atoms with Gasteiger partial charge in [-0.05, 0) is 48.7 Å². The second kappa shape index (κ2) is 11.1. The van der Waals surface area contributed by atoms with Crippen LogP contribution < -0.4 is 15.7 Å². The molecule has 5 rings (SSSR count). The van der Waals surface area contributed by atoms with Gasteiger partial charge in [0, 0.05) is 31.0 Å². The van der Waals surface area contributed by atoms with Crippen LogP contribution in [-0.2, 0) is 11.2 Å². The fourth-order valence-electron chi connectivity index (χ4n) is 4.38. The number of nitrogens with one attached hydrogen (secondary N) is 1. The van der Waals surface area contributed by atoms with E-state index in [0.29, 0.717) is 29.5 Å². The molecular weight excluding hydrogens is 500 g/mol. The molecule has 0 fully saturated rings. The summed E-state index contributed by atoms with van der Waals surface area (Å²) in [6.07, 6.45) is 0.825. The van der Waals surface area contributed by atoms with Crippen molar-refractivity contribution in [1.29, 1.82) is 0 Å². The van der Waals surface area contributed by atoms with E-state index >= 15 is 0 Å². The fraction of sp³-hybridized carbons (Fsp3) is 0.167. The second-order valence-corrected chi connectivity index (χ2v) is 9.02. The molecule has 9 nitrogen and oxygen atoms in total. The number of ether oxygens (including phenoxy) is 1. The van der Waals surface area contributed by atoms with Crippen LogP contribution in [-0.4, -0.2) is 41.7 Å². The van der Waals surface area contributed by atoms with Gasteiger partial charge >= 0.3 is 11.6 Å². The molecular formula is C30H24N2O7. The molecule has 2 heterocycles. The molecule has 0 saturated carbocycles. The summed E-state index contributed by atoms with van der Waals surface area (Å²) in [5, 5.41) is 3.22. The van der Waals surface area contributed by atoms with E-state index in [1.54, 1.807) is 30.3 Å². The summed E-state index contributed by atoms with van der Waals surface area (Å²) in [5.74, 6) is -1.69. The molecule has 0 aliphatic carbocycles. The van der Waals surface area contributed by atoms with Gasteiger partial charge < -0.3 is 14.5 Å². The van der Waals surface area contributed by atoms with Crippen LogP contribution in [0.4, 0.5) is 0 Å². The minimum atomic E-state index is -0.802. The van der Waals surface area contributed by atoms with Gasteiger partial charge in [0.2, 0.25) is 0 Å². The Labute approximate surface area is 223 Å². The van der Waals surface area contributed by atoms with Gasteiger partial charge in [0.15, 0.2) is 0 Å². The zero-order valence-corrected chi connectivity index (χ0v) is 20.8. The molecule has 0 saturated heterocycles. The SMILES string of the molecule is O=C(CCCN1C(=O)c2ccccc2C1=O)Oc1ccc2cc(C(=O)NCCc3ccccc3)c(=O)oc2c1. The third-order valence-corrected chi connectivity index (χ3v) is 6.37. The molecule has 0 atom stereocenters. The average molecular weight is 525 g/mol. The van der Waals surface area contributed by atoms with E-state index in [-0.39, 0.29) is 48.1 Å². The number of benzene rings is 3. The number of hydrogen-bond donors (Lipinski definition) is 1. The van der Waals surface area contributed by atoms with Crippen LogP contribution in [0.15, 0.2) is 88.1 Å². The third kappa shape index (κ3) is 5.62. The monoisotopic (exact) mass is 524 g/mol. The molecule has 3 aromatic carbocycles. The average Bonchev–Trinajstić information content (AvgIpc) is 3.18. The van der Waals surface area contributed by atoms with Gasteiger partial charge in [-0.15, -0.1) is 0 Å². The molecule has 39 heavy (non-hydrogen) atoms. The van der Waals surface area contributed by atoms with Crippen molar-refractivity contribution >= 4 is 34.7 Å². The van der Waals surface area contributed by atoms with Crippen LogP contribution in [0, 0.1) is 0 Å². The molecule has 0 radical (unpaired) electrons. The van der Waals surface area contributed by atoms with Crippen LogP contribution in [0.1, 0.15) is 49.5 Å². The topological polar surface area (TPSA) is 123 Å². The van der Waals surface area contributed by atoms with E-state index in [1.807, 2.05) is 30.3 Å². The quantitative estimate of drug-likeness (QED) is 0.153. The number of rotatable bonds is 9. The number of nitrogens with zero attached hydrogens (tertiary/aromatic N) is 1. The maximum absolute atomic E-state index is 12.5. The number of hydrogen-bond acceptors (Lipinski definition) is 7. The lowest BCUT2D eigenvalue weighted by atomic mass is 10.1. The molecule has 0 unspecified atom stereocenters. The summed E-state index contributed by atoms with van der Waals surface area (Å²) in [7, 11) is 0. The molecule has 3 amide bonds. The molecule has 1 aromatic heterocycles. The lowest BCUT2D eigenvalue weighted by Gasteiger charge is -2.13. The van der Waals surface area contributed by atoms with Crippen LogP contribution >= 0.6 is 0 Å². The Hall–Kier alpha value is -5.05. The second-order valence-electron chi connectivity index (χ2n) is 9.02. The van der Waals surface area contributed by atoms with Crippen molar-refractivity contribution in [3.63, 3.8) is 0 Å². The first-order valence-electron chi connectivity index (χ1n) is 12.5. The van der Waals surface area contributed by atoms with Crippen molar-refractivity contribution in [2.75, 3.05) is 13.1 Å². The molecule has 4 aromatic rings. The summed E-state index contributed by atoms with van der Waals surface area (Å²) < 4.78 is 10.7. The van der Waals surface area contributed by atoms with Gasteiger partial charge in [-0.1, -0.05) is 42.5 Å². The Kier molecular flexibility index (Phi) is 7.31. The van der Waals surface area contributed by atoms with Crippen molar-refractivity contribution < 1.29 is 28.3 Å².